The van der Waals surface area contributed by atoms with Gasteiger partial charge in [-0.15, -0.1) is 0 Å². The van der Waals surface area contributed by atoms with Gasteiger partial charge in [0.2, 0.25) is 6.41 Å². The van der Waals surface area contributed by atoms with Crippen LogP contribution in [0, 0.1) is 0 Å². The highest BCUT2D eigenvalue weighted by atomic mass is 35.5. The number of hydrogen-bond donors (Lipinski definition) is 1. The lowest BCUT2D eigenvalue weighted by Gasteiger charge is -2.02. The largest absolute Gasteiger partial charge is 0.462 e. The molecule has 0 saturated carbocycles. The summed E-state index contributed by atoms with van der Waals surface area (Å²) in [5, 5.41) is 2.78. The molecule has 1 amide bonds. The summed E-state index contributed by atoms with van der Waals surface area (Å²) in [5.74, 6) is -0.515. The van der Waals surface area contributed by atoms with Crippen LogP contribution in [0.15, 0.2) is 11.7 Å². The first-order valence-corrected chi connectivity index (χ1v) is 5.62. The van der Waals surface area contributed by atoms with Crippen molar-refractivity contribution in [3.63, 3.8) is 0 Å². The minimum atomic E-state index is -0.515. The summed E-state index contributed by atoms with van der Waals surface area (Å²) in [5.41, 5.74) is 1.36. The maximum atomic E-state index is 11.5. The van der Waals surface area contributed by atoms with Crippen molar-refractivity contribution in [2.24, 2.45) is 0 Å². The Morgan fingerprint density at radius 2 is 2.50 bits per heavy atom. The van der Waals surface area contributed by atoms with Crippen LogP contribution in [-0.2, 0) is 14.3 Å². The Balaban J connectivity index is 2.87. The van der Waals surface area contributed by atoms with Crippen molar-refractivity contribution in [1.82, 2.24) is 4.98 Å². The number of nitrogens with zero attached hydrogens (tertiary/aromatic N) is 1. The fraction of sp³-hybridized carbons (Fsp3) is 0.222. The van der Waals surface area contributed by atoms with Gasteiger partial charge in [0.25, 0.3) is 0 Å². The van der Waals surface area contributed by atoms with E-state index in [2.05, 4.69) is 10.3 Å². The van der Waals surface area contributed by atoms with Crippen LogP contribution in [0.2, 0.25) is 0 Å². The van der Waals surface area contributed by atoms with Gasteiger partial charge in [-0.3, -0.25) is 4.79 Å². The zero-order valence-corrected chi connectivity index (χ0v) is 9.97. The molecule has 0 unspecified atom stereocenters. The van der Waals surface area contributed by atoms with Gasteiger partial charge in [0.15, 0.2) is 5.13 Å². The van der Waals surface area contributed by atoms with Crippen molar-refractivity contribution >= 4 is 46.0 Å². The number of carbonyl (C=O) groups excluding carboxylic acids is 2. The van der Waals surface area contributed by atoms with Crippen LogP contribution in [0.1, 0.15) is 11.8 Å². The highest BCUT2D eigenvalue weighted by Crippen LogP contribution is 2.26. The van der Waals surface area contributed by atoms with Gasteiger partial charge in [-0.2, -0.15) is 0 Å². The molecule has 0 aliphatic rings. The van der Waals surface area contributed by atoms with Crippen molar-refractivity contribution in [2.45, 2.75) is 6.92 Å². The third-order valence-electron chi connectivity index (χ3n) is 1.56. The van der Waals surface area contributed by atoms with E-state index in [0.29, 0.717) is 16.4 Å². The summed E-state index contributed by atoms with van der Waals surface area (Å²) in [6.07, 6.45) is 1.96. The molecular weight excluding hydrogens is 252 g/mol. The van der Waals surface area contributed by atoms with E-state index in [4.69, 9.17) is 16.3 Å². The number of anilines is 1. The van der Waals surface area contributed by atoms with Crippen molar-refractivity contribution in [3.05, 3.63) is 16.6 Å². The molecule has 0 aliphatic heterocycles. The molecule has 1 rings (SSSR count). The maximum Gasteiger partial charge on any atom is 0.340 e. The SMILES string of the molecule is CCOC(=O)/C(=C/Cl)c1cnc(NC=O)s1. The molecule has 1 N–H and O–H groups in total. The third kappa shape index (κ3) is 3.04. The van der Waals surface area contributed by atoms with Crippen molar-refractivity contribution < 1.29 is 14.3 Å². The quantitative estimate of drug-likeness (QED) is 0.498. The molecule has 0 spiro atoms. The first-order chi connectivity index (χ1) is 7.72. The summed E-state index contributed by atoms with van der Waals surface area (Å²) in [6, 6.07) is 0. The van der Waals surface area contributed by atoms with Gasteiger partial charge in [0.05, 0.1) is 17.1 Å². The summed E-state index contributed by atoms with van der Waals surface area (Å²) in [6.45, 7) is 1.97. The molecule has 1 aromatic rings. The number of thiazole rings is 1. The summed E-state index contributed by atoms with van der Waals surface area (Å²) >= 11 is 6.68. The number of aromatic nitrogens is 1. The molecule has 7 heteroatoms. The molecule has 5 nitrogen and oxygen atoms in total. The minimum absolute atomic E-state index is 0.222. The fourth-order valence-electron chi connectivity index (χ4n) is 0.924. The number of nitrogens with one attached hydrogen (secondary N) is 1. The van der Waals surface area contributed by atoms with Crippen LogP contribution in [0.4, 0.5) is 5.13 Å². The summed E-state index contributed by atoms with van der Waals surface area (Å²) < 4.78 is 4.82. The fourth-order valence-corrected chi connectivity index (χ4v) is 1.97. The molecule has 0 saturated heterocycles. The Labute approximate surface area is 101 Å². The molecule has 0 radical (unpaired) electrons. The highest BCUT2D eigenvalue weighted by molar-refractivity contribution is 7.17. The van der Waals surface area contributed by atoms with E-state index in [1.807, 2.05) is 0 Å². The van der Waals surface area contributed by atoms with Crippen molar-refractivity contribution in [2.75, 3.05) is 11.9 Å². The second-order valence-corrected chi connectivity index (χ2v) is 3.78. The summed E-state index contributed by atoms with van der Waals surface area (Å²) in [7, 11) is 0. The molecule has 0 bridgehead atoms. The number of amides is 1. The maximum absolute atomic E-state index is 11.5. The lowest BCUT2D eigenvalue weighted by Crippen LogP contribution is -2.05. The Kier molecular flexibility index (Phi) is 4.94. The first-order valence-electron chi connectivity index (χ1n) is 4.36. The van der Waals surface area contributed by atoms with Gasteiger partial charge in [0.1, 0.15) is 0 Å². The average Bonchev–Trinajstić information content (AvgIpc) is 2.68. The van der Waals surface area contributed by atoms with E-state index in [0.717, 1.165) is 16.9 Å². The van der Waals surface area contributed by atoms with Crippen LogP contribution >= 0.6 is 22.9 Å². The molecule has 1 aromatic heterocycles. The van der Waals surface area contributed by atoms with Gasteiger partial charge < -0.3 is 10.1 Å². The first kappa shape index (κ1) is 12.7. The smallest absolute Gasteiger partial charge is 0.340 e. The lowest BCUT2D eigenvalue weighted by molar-refractivity contribution is -0.136. The Hall–Kier alpha value is -1.40. The predicted molar refractivity (Wildman–Crippen MR) is 62.3 cm³/mol. The predicted octanol–water partition coefficient (Wildman–Crippen LogP) is 1.85. The molecule has 16 heavy (non-hydrogen) atoms. The zero-order chi connectivity index (χ0) is 12.0. The van der Waals surface area contributed by atoms with Crippen molar-refractivity contribution in [3.8, 4) is 0 Å². The number of halogens is 1. The van der Waals surface area contributed by atoms with Crippen LogP contribution in [-0.4, -0.2) is 24.0 Å². The zero-order valence-electron chi connectivity index (χ0n) is 8.40. The Morgan fingerprint density at radius 1 is 1.75 bits per heavy atom. The molecule has 1 heterocycles. The third-order valence-corrected chi connectivity index (χ3v) is 2.74. The van der Waals surface area contributed by atoms with E-state index in [1.165, 1.54) is 6.20 Å². The van der Waals surface area contributed by atoms with Gasteiger partial charge in [-0.05, 0) is 6.92 Å². The van der Waals surface area contributed by atoms with E-state index in [9.17, 15) is 9.59 Å². The second kappa shape index (κ2) is 6.24. The molecular formula is C9H9ClN2O3S. The van der Waals surface area contributed by atoms with Crippen molar-refractivity contribution in [1.29, 1.82) is 0 Å². The lowest BCUT2D eigenvalue weighted by atomic mass is 10.3. The number of esters is 1. The highest BCUT2D eigenvalue weighted by Gasteiger charge is 2.15. The van der Waals surface area contributed by atoms with E-state index in [1.54, 1.807) is 6.92 Å². The van der Waals surface area contributed by atoms with Crippen LogP contribution in [0.5, 0.6) is 0 Å². The number of carbonyl (C=O) groups is 2. The molecule has 86 valence electrons. The van der Waals surface area contributed by atoms with E-state index in [-0.39, 0.29) is 12.2 Å². The molecule has 0 fully saturated rings. The Morgan fingerprint density at radius 3 is 3.06 bits per heavy atom. The topological polar surface area (TPSA) is 68.3 Å². The summed E-state index contributed by atoms with van der Waals surface area (Å²) in [4.78, 5) is 26.1. The van der Waals surface area contributed by atoms with Gasteiger partial charge >= 0.3 is 5.97 Å². The van der Waals surface area contributed by atoms with E-state index >= 15 is 0 Å². The average molecular weight is 261 g/mol. The van der Waals surface area contributed by atoms with Gasteiger partial charge in [-0.25, -0.2) is 9.78 Å². The van der Waals surface area contributed by atoms with Gasteiger partial charge in [-0.1, -0.05) is 22.9 Å². The number of ether oxygens (including phenoxy) is 1. The van der Waals surface area contributed by atoms with Crippen LogP contribution in [0.3, 0.4) is 0 Å². The van der Waals surface area contributed by atoms with Gasteiger partial charge in [0, 0.05) is 11.7 Å². The van der Waals surface area contributed by atoms with E-state index < -0.39 is 5.97 Å². The second-order valence-electron chi connectivity index (χ2n) is 2.54. The molecule has 0 atom stereocenters. The molecule has 0 aromatic carbocycles. The minimum Gasteiger partial charge on any atom is -0.462 e. The Bertz CT molecular complexity index is 417. The van der Waals surface area contributed by atoms with Crippen LogP contribution < -0.4 is 5.32 Å². The van der Waals surface area contributed by atoms with Crippen LogP contribution in [0.25, 0.3) is 5.57 Å². The number of rotatable bonds is 5. The number of hydrogen-bond acceptors (Lipinski definition) is 5. The normalized spacial score (nSPS) is 11.0. The standard InChI is InChI=1S/C9H9ClN2O3S/c1-2-15-8(14)6(3-10)7-4-11-9(16-7)12-5-13/h3-5H,2H2,1H3,(H,11,12,13)/b6-3+. The monoisotopic (exact) mass is 260 g/mol. The molecule has 0 aliphatic carbocycles.